The van der Waals surface area contributed by atoms with Crippen LogP contribution >= 0.6 is 9.42 Å². The molecule has 2 rings (SSSR count). The second kappa shape index (κ2) is 14.7. The van der Waals surface area contributed by atoms with E-state index in [1.165, 1.54) is 38.5 Å². The molecule has 0 saturated carbocycles. The minimum absolute atomic E-state index is 0.295. The molecule has 2 aliphatic rings. The van der Waals surface area contributed by atoms with Crippen molar-refractivity contribution in [2.45, 2.75) is 76.9 Å². The summed E-state index contributed by atoms with van der Waals surface area (Å²) in [5, 5.41) is 17.6. The van der Waals surface area contributed by atoms with Gasteiger partial charge in [-0.3, -0.25) is 4.79 Å². The molecule has 3 atom stereocenters. The minimum atomic E-state index is -1.02. The molecular formula is C16H30ClN3O2Pt-3. The molecule has 0 amide bonds. The Bertz CT molecular complexity index is 281. The summed E-state index contributed by atoms with van der Waals surface area (Å²) in [7, 11) is 4.61. The Hall–Kier alpha value is 0.328. The molecule has 0 aromatic carbocycles. The number of hydrogen-bond donors (Lipinski definition) is 1. The van der Waals surface area contributed by atoms with E-state index >= 15 is 0 Å². The normalized spacial score (nSPS) is 25.5. The maximum atomic E-state index is 10.0. The van der Waals surface area contributed by atoms with Crippen LogP contribution < -0.4 is 0 Å². The fraction of sp³-hybridized carbons (Fsp3) is 0.938. The van der Waals surface area contributed by atoms with Crippen LogP contribution in [0.2, 0.25) is 0 Å². The molecule has 0 aromatic rings. The van der Waals surface area contributed by atoms with Crippen LogP contribution in [0.15, 0.2) is 0 Å². The molecule has 0 bridgehead atoms. The molecule has 2 fully saturated rings. The van der Waals surface area contributed by atoms with Gasteiger partial charge in [0.25, 0.3) is 5.97 Å². The molecule has 2 N–H and O–H groups in total. The molecule has 23 heavy (non-hydrogen) atoms. The molecule has 7 heteroatoms. The van der Waals surface area contributed by atoms with Crippen LogP contribution in [0.3, 0.4) is 0 Å². The second-order valence-corrected chi connectivity index (χ2v) is 6.46. The van der Waals surface area contributed by atoms with Crippen molar-refractivity contribution in [3.63, 3.8) is 0 Å². The van der Waals surface area contributed by atoms with E-state index in [-0.39, 0.29) is 0 Å². The van der Waals surface area contributed by atoms with Crippen LogP contribution in [0, 0.1) is 5.92 Å². The Morgan fingerprint density at radius 3 is 1.78 bits per heavy atom. The van der Waals surface area contributed by atoms with E-state index in [1.54, 1.807) is 18.8 Å². The fourth-order valence-electron chi connectivity index (χ4n) is 2.83. The Morgan fingerprint density at radius 2 is 1.57 bits per heavy atom. The quantitative estimate of drug-likeness (QED) is 0.554. The number of nitrogens with one attached hydrogen (secondary N) is 1. The summed E-state index contributed by atoms with van der Waals surface area (Å²) in [6.07, 6.45) is 8.41. The van der Waals surface area contributed by atoms with Crippen molar-refractivity contribution in [2.75, 3.05) is 13.1 Å². The van der Waals surface area contributed by atoms with Crippen molar-refractivity contribution in [1.82, 2.24) is 0 Å². The third kappa shape index (κ3) is 11.5. The van der Waals surface area contributed by atoms with E-state index in [2.05, 4.69) is 20.1 Å². The van der Waals surface area contributed by atoms with Gasteiger partial charge in [0.2, 0.25) is 0 Å². The Kier molecular flexibility index (Phi) is 14.9. The Balaban J connectivity index is 0.000000396. The van der Waals surface area contributed by atoms with Crippen molar-refractivity contribution < 1.29 is 28.7 Å². The van der Waals surface area contributed by atoms with Crippen molar-refractivity contribution in [3.8, 4) is 0 Å². The fourth-order valence-corrected chi connectivity index (χ4v) is 2.83. The van der Waals surface area contributed by atoms with Crippen molar-refractivity contribution >= 4 is 15.4 Å². The number of carbonyl (C=O) groups is 1. The first-order valence-electron chi connectivity index (χ1n) is 8.39. The number of halogens is 1. The average Bonchev–Trinajstić information content (AvgIpc) is 2.58. The number of piperidine rings is 2. The van der Waals surface area contributed by atoms with E-state index in [0.29, 0.717) is 24.4 Å². The third-order valence-electron chi connectivity index (χ3n) is 3.99. The molecule has 141 valence electrons. The number of aliphatic carboxylic acids is 1. The zero-order chi connectivity index (χ0) is 17.7. The van der Waals surface area contributed by atoms with Crippen molar-refractivity contribution in [1.29, 1.82) is 0 Å². The second-order valence-electron chi connectivity index (χ2n) is 6.46. The summed E-state index contributed by atoms with van der Waals surface area (Å²) in [6.45, 7) is 6.00. The van der Waals surface area contributed by atoms with Crippen LogP contribution in [-0.2, 0) is 23.6 Å². The topological polar surface area (TPSA) is 89.3 Å². The van der Waals surface area contributed by atoms with Crippen LogP contribution in [-0.4, -0.2) is 42.3 Å². The zero-order valence-electron chi connectivity index (χ0n) is 14.1. The van der Waals surface area contributed by atoms with E-state index < -0.39 is 12.0 Å². The van der Waals surface area contributed by atoms with Crippen LogP contribution in [0.25, 0.3) is 16.4 Å². The molecule has 0 aliphatic carbocycles. The number of rotatable bonds is 4. The first-order valence-corrected chi connectivity index (χ1v) is 11.2. The summed E-state index contributed by atoms with van der Waals surface area (Å²) >= 11 is 1.61. The summed E-state index contributed by atoms with van der Waals surface area (Å²) < 4.78 is 0. The van der Waals surface area contributed by atoms with Gasteiger partial charge in [0.15, 0.2) is 0 Å². The standard InChI is InChI=1S/C10H18N2.C6H12NO2.ClH.Pt/c1-3-7-11-9(5-1)10-6-2-4-8-12-10;1-4(2)3-5(7)6(8)9;;/h9-10H,1-8H2;4-5,7H,3H2,1-2H3,(H,8,9);1H;/q-2;-1;;+1/p-1. The third-order valence-corrected chi connectivity index (χ3v) is 3.99. The number of carboxylic acids is 1. The summed E-state index contributed by atoms with van der Waals surface area (Å²) in [4.78, 5) is 10.0. The average molecular weight is 527 g/mol. The molecule has 0 radical (unpaired) electrons. The molecule has 2 aliphatic heterocycles. The predicted molar refractivity (Wildman–Crippen MR) is 92.8 cm³/mol. The maximum absolute atomic E-state index is 10.0. The van der Waals surface area contributed by atoms with Gasteiger partial charge < -0.3 is 21.5 Å². The molecule has 3 unspecified atom stereocenters. The molecule has 0 aromatic heterocycles. The number of carboxylic acid groups (broad SMARTS) is 1. The van der Waals surface area contributed by atoms with Gasteiger partial charge in [0, 0.05) is 0 Å². The predicted octanol–water partition coefficient (Wildman–Crippen LogP) is 5.06. The van der Waals surface area contributed by atoms with Gasteiger partial charge in [-0.1, -0.05) is 58.8 Å². The molecule has 2 saturated heterocycles. The number of hydrogen-bond acceptors (Lipinski definition) is 1. The molecule has 0 spiro atoms. The zero-order valence-corrected chi connectivity index (χ0v) is 17.1. The summed E-state index contributed by atoms with van der Waals surface area (Å²) in [6, 6.07) is 0.253. The Labute approximate surface area is 156 Å². The van der Waals surface area contributed by atoms with E-state index in [4.69, 9.17) is 10.8 Å². The van der Waals surface area contributed by atoms with Gasteiger partial charge in [-0.05, 0) is 12.0 Å². The summed E-state index contributed by atoms with van der Waals surface area (Å²) in [5.74, 6) is -0.729. The van der Waals surface area contributed by atoms with E-state index in [9.17, 15) is 4.79 Å². The van der Waals surface area contributed by atoms with Crippen molar-refractivity contribution in [3.05, 3.63) is 16.4 Å². The van der Waals surface area contributed by atoms with Crippen LogP contribution in [0.5, 0.6) is 0 Å². The van der Waals surface area contributed by atoms with Gasteiger partial charge in [-0.2, -0.15) is 12.1 Å². The SMILES string of the molecule is C1CCC(C2CCCC[N-]2)[N-]C1.CC(C)CC([NH-])C(=O)O.[Cl][Pt]. The first-order chi connectivity index (χ1) is 11.0. The summed E-state index contributed by atoms with van der Waals surface area (Å²) in [5.41, 5.74) is 6.96. The molecule has 5 nitrogen and oxygen atoms in total. The monoisotopic (exact) mass is 526 g/mol. The van der Waals surface area contributed by atoms with Gasteiger partial charge in [-0.15, -0.1) is 13.1 Å². The molecule has 2 heterocycles. The van der Waals surface area contributed by atoms with Gasteiger partial charge in [0.1, 0.15) is 0 Å². The van der Waals surface area contributed by atoms with E-state index in [0.717, 1.165) is 13.1 Å². The van der Waals surface area contributed by atoms with Crippen LogP contribution in [0.1, 0.15) is 58.8 Å². The molecular weight excluding hydrogens is 497 g/mol. The van der Waals surface area contributed by atoms with Gasteiger partial charge >= 0.3 is 28.2 Å². The number of nitrogens with zero attached hydrogens (tertiary/aromatic N) is 2. The van der Waals surface area contributed by atoms with Crippen LogP contribution in [0.4, 0.5) is 0 Å². The van der Waals surface area contributed by atoms with Crippen molar-refractivity contribution in [2.24, 2.45) is 5.92 Å². The van der Waals surface area contributed by atoms with E-state index in [1.807, 2.05) is 13.8 Å². The Morgan fingerprint density at radius 1 is 1.13 bits per heavy atom. The van der Waals surface area contributed by atoms with Gasteiger partial charge in [0.05, 0.1) is 0 Å². The first kappa shape index (κ1) is 23.3. The van der Waals surface area contributed by atoms with Gasteiger partial charge in [-0.25, -0.2) is 0 Å².